The number of pyridine rings is 1. The fourth-order valence-corrected chi connectivity index (χ4v) is 3.88. The topological polar surface area (TPSA) is 62.3 Å². The lowest BCUT2D eigenvalue weighted by Crippen LogP contribution is -2.26. The molecule has 0 aliphatic rings. The van der Waals surface area contributed by atoms with Crippen LogP contribution in [0.3, 0.4) is 0 Å². The van der Waals surface area contributed by atoms with E-state index in [-0.39, 0.29) is 0 Å². The molecule has 0 saturated heterocycles. The highest BCUT2D eigenvalue weighted by molar-refractivity contribution is 7.89. The van der Waals surface area contributed by atoms with Crippen molar-refractivity contribution in [3.8, 4) is 0 Å². The van der Waals surface area contributed by atoms with Gasteiger partial charge in [-0.15, -0.1) is 0 Å². The summed E-state index contributed by atoms with van der Waals surface area (Å²) in [4.78, 5) is 4.56. The molecule has 2 aromatic carbocycles. The molecule has 0 aliphatic heterocycles. The predicted molar refractivity (Wildman–Crippen MR) is 106 cm³/mol. The van der Waals surface area contributed by atoms with Crippen LogP contribution in [0.5, 0.6) is 0 Å². The van der Waals surface area contributed by atoms with Crippen molar-refractivity contribution in [1.29, 1.82) is 0 Å². The lowest BCUT2D eigenvalue weighted by Gasteiger charge is -2.17. The highest BCUT2D eigenvalue weighted by Crippen LogP contribution is 2.17. The lowest BCUT2D eigenvalue weighted by molar-refractivity contribution is 0.466. The third-order valence-electron chi connectivity index (χ3n) is 4.24. The average molecular weight is 382 g/mol. The third kappa shape index (κ3) is 5.23. The molecule has 27 heavy (non-hydrogen) atoms. The van der Waals surface area contributed by atoms with Gasteiger partial charge >= 0.3 is 0 Å². The van der Waals surface area contributed by atoms with E-state index in [1.165, 1.54) is 4.31 Å². The van der Waals surface area contributed by atoms with Crippen LogP contribution in [-0.4, -0.2) is 24.8 Å². The molecule has 0 bridgehead atoms. The van der Waals surface area contributed by atoms with Gasteiger partial charge in [-0.05, 0) is 35.4 Å². The normalized spacial score (nSPS) is 11.6. The summed E-state index contributed by atoms with van der Waals surface area (Å²) in [6.07, 6.45) is 1.77. The van der Waals surface area contributed by atoms with Gasteiger partial charge in [-0.25, -0.2) is 8.42 Å². The molecule has 3 rings (SSSR count). The van der Waals surface area contributed by atoms with Crippen LogP contribution in [0, 0.1) is 0 Å². The molecule has 3 aromatic rings. The van der Waals surface area contributed by atoms with E-state index in [0.29, 0.717) is 24.5 Å². The zero-order valence-corrected chi connectivity index (χ0v) is 16.1. The zero-order chi connectivity index (χ0) is 19.1. The Hall–Kier alpha value is -2.54. The highest BCUT2D eigenvalue weighted by Gasteiger charge is 2.20. The Morgan fingerprint density at radius 1 is 0.852 bits per heavy atom. The summed E-state index contributed by atoms with van der Waals surface area (Å²) < 4.78 is 26.9. The van der Waals surface area contributed by atoms with Crippen molar-refractivity contribution in [3.63, 3.8) is 0 Å². The number of aromatic nitrogens is 1. The maximum Gasteiger partial charge on any atom is 0.243 e. The van der Waals surface area contributed by atoms with Crippen molar-refractivity contribution < 1.29 is 8.42 Å². The van der Waals surface area contributed by atoms with Gasteiger partial charge in [0.25, 0.3) is 0 Å². The number of sulfonamides is 1. The van der Waals surface area contributed by atoms with Crippen molar-refractivity contribution in [2.45, 2.75) is 24.5 Å². The quantitative estimate of drug-likeness (QED) is 0.651. The van der Waals surface area contributed by atoms with Crippen molar-refractivity contribution in [2.24, 2.45) is 0 Å². The van der Waals surface area contributed by atoms with Gasteiger partial charge in [0, 0.05) is 32.9 Å². The number of rotatable bonds is 8. The molecule has 1 aromatic heterocycles. The first-order valence-electron chi connectivity index (χ1n) is 8.75. The summed E-state index contributed by atoms with van der Waals surface area (Å²) in [7, 11) is -1.91. The van der Waals surface area contributed by atoms with Gasteiger partial charge in [-0.2, -0.15) is 4.31 Å². The molecule has 0 atom stereocenters. The fraction of sp³-hybridized carbons (Fsp3) is 0.190. The molecule has 1 N–H and O–H groups in total. The molecule has 5 nitrogen and oxygen atoms in total. The summed E-state index contributed by atoms with van der Waals surface area (Å²) in [6.45, 7) is 1.66. The summed E-state index contributed by atoms with van der Waals surface area (Å²) in [5, 5.41) is 3.31. The number of benzene rings is 2. The minimum absolute atomic E-state index is 0.300. The van der Waals surface area contributed by atoms with Crippen LogP contribution in [0.4, 0.5) is 0 Å². The monoisotopic (exact) mass is 381 g/mol. The van der Waals surface area contributed by atoms with Gasteiger partial charge in [-0.3, -0.25) is 4.98 Å². The first-order valence-corrected chi connectivity index (χ1v) is 10.2. The van der Waals surface area contributed by atoms with Gasteiger partial charge < -0.3 is 5.32 Å². The Morgan fingerprint density at radius 3 is 2.22 bits per heavy atom. The minimum atomic E-state index is -3.51. The Labute approximate surface area is 160 Å². The van der Waals surface area contributed by atoms with E-state index in [0.717, 1.165) is 16.8 Å². The molecule has 140 valence electrons. The van der Waals surface area contributed by atoms with Crippen LogP contribution in [-0.2, 0) is 29.7 Å². The fourth-order valence-electron chi connectivity index (χ4n) is 2.72. The van der Waals surface area contributed by atoms with Crippen LogP contribution in [0.1, 0.15) is 16.8 Å². The van der Waals surface area contributed by atoms with E-state index < -0.39 is 10.0 Å². The van der Waals surface area contributed by atoms with Crippen molar-refractivity contribution in [3.05, 3.63) is 95.8 Å². The van der Waals surface area contributed by atoms with Gasteiger partial charge in [0.1, 0.15) is 0 Å². The van der Waals surface area contributed by atoms with Gasteiger partial charge in [0.05, 0.1) is 10.6 Å². The summed E-state index contributed by atoms with van der Waals surface area (Å²) in [5.41, 5.74) is 2.95. The average Bonchev–Trinajstić information content (AvgIpc) is 2.70. The lowest BCUT2D eigenvalue weighted by atomic mass is 10.2. The van der Waals surface area contributed by atoms with Crippen LogP contribution in [0.25, 0.3) is 0 Å². The van der Waals surface area contributed by atoms with Crippen molar-refractivity contribution in [1.82, 2.24) is 14.6 Å². The second kappa shape index (κ2) is 8.90. The predicted octanol–water partition coefficient (Wildman–Crippen LogP) is 3.19. The zero-order valence-electron chi connectivity index (χ0n) is 15.2. The van der Waals surface area contributed by atoms with Crippen LogP contribution in [0.2, 0.25) is 0 Å². The van der Waals surface area contributed by atoms with Gasteiger partial charge in [0.2, 0.25) is 10.0 Å². The molecule has 0 aliphatic carbocycles. The third-order valence-corrected chi connectivity index (χ3v) is 6.06. The molecule has 0 fully saturated rings. The second-order valence-electron chi connectivity index (χ2n) is 6.32. The Balaban J connectivity index is 1.60. The Bertz CT molecular complexity index is 944. The summed E-state index contributed by atoms with van der Waals surface area (Å²) >= 11 is 0. The molecule has 0 radical (unpaired) electrons. The van der Waals surface area contributed by atoms with E-state index in [2.05, 4.69) is 10.3 Å². The maximum atomic E-state index is 12.7. The smallest absolute Gasteiger partial charge is 0.243 e. The SMILES string of the molecule is CN(Cc1ccccc1)S(=O)(=O)c1ccc(CNCc2ccccn2)cc1. The maximum absolute atomic E-state index is 12.7. The minimum Gasteiger partial charge on any atom is -0.307 e. The van der Waals surface area contributed by atoms with Gasteiger partial charge in [-0.1, -0.05) is 48.5 Å². The van der Waals surface area contributed by atoms with Crippen LogP contribution >= 0.6 is 0 Å². The Morgan fingerprint density at radius 2 is 1.56 bits per heavy atom. The van der Waals surface area contributed by atoms with E-state index in [4.69, 9.17) is 0 Å². The second-order valence-corrected chi connectivity index (χ2v) is 8.36. The molecule has 0 amide bonds. The molecule has 0 unspecified atom stereocenters. The first kappa shape index (κ1) is 19.2. The van der Waals surface area contributed by atoms with E-state index in [1.807, 2.05) is 60.7 Å². The molecule has 0 saturated carbocycles. The standard InChI is InChI=1S/C21H23N3O2S/c1-24(17-19-7-3-2-4-8-19)27(25,26)21-12-10-18(11-13-21)15-22-16-20-9-5-6-14-23-20/h2-14,22H,15-17H2,1H3. The number of nitrogens with zero attached hydrogens (tertiary/aromatic N) is 2. The van der Waals surface area contributed by atoms with Crippen molar-refractivity contribution in [2.75, 3.05) is 7.05 Å². The van der Waals surface area contributed by atoms with Gasteiger partial charge in [0.15, 0.2) is 0 Å². The molecular formula is C21H23N3O2S. The summed E-state index contributed by atoms with van der Waals surface area (Å²) in [5.74, 6) is 0. The summed E-state index contributed by atoms with van der Waals surface area (Å²) in [6, 6.07) is 22.4. The molecule has 1 heterocycles. The molecule has 0 spiro atoms. The number of nitrogens with one attached hydrogen (secondary N) is 1. The van der Waals surface area contributed by atoms with Crippen LogP contribution in [0.15, 0.2) is 83.9 Å². The number of hydrogen-bond donors (Lipinski definition) is 1. The number of hydrogen-bond acceptors (Lipinski definition) is 4. The molecule has 6 heteroatoms. The highest BCUT2D eigenvalue weighted by atomic mass is 32.2. The van der Waals surface area contributed by atoms with E-state index in [9.17, 15) is 8.42 Å². The van der Waals surface area contributed by atoms with E-state index in [1.54, 1.807) is 25.4 Å². The largest absolute Gasteiger partial charge is 0.307 e. The molecular weight excluding hydrogens is 358 g/mol. The first-order chi connectivity index (χ1) is 13.1. The Kier molecular flexibility index (Phi) is 6.34. The van der Waals surface area contributed by atoms with Crippen molar-refractivity contribution >= 4 is 10.0 Å². The van der Waals surface area contributed by atoms with Crippen LogP contribution < -0.4 is 5.32 Å². The van der Waals surface area contributed by atoms with E-state index >= 15 is 0 Å².